The summed E-state index contributed by atoms with van der Waals surface area (Å²) in [5.74, 6) is 0. The van der Waals surface area contributed by atoms with Gasteiger partial charge in [-0.1, -0.05) is 10.3 Å². The Balaban J connectivity index is 1.77. The highest BCUT2D eigenvalue weighted by Crippen LogP contribution is 2.19. The largest absolute Gasteiger partial charge is 0.388 e. The van der Waals surface area contributed by atoms with Crippen molar-refractivity contribution in [3.63, 3.8) is 0 Å². The van der Waals surface area contributed by atoms with Crippen LogP contribution in [0.3, 0.4) is 0 Å². The SMILES string of the molecule is Cc1nonc1CNCC1(O)CCOCC1. The molecule has 16 heavy (non-hydrogen) atoms. The maximum absolute atomic E-state index is 10.2. The third-order valence-corrected chi connectivity index (χ3v) is 2.92. The van der Waals surface area contributed by atoms with Crippen LogP contribution in [0.1, 0.15) is 24.2 Å². The van der Waals surface area contributed by atoms with Gasteiger partial charge in [0.05, 0.1) is 5.60 Å². The van der Waals surface area contributed by atoms with Crippen LogP contribution in [0, 0.1) is 6.92 Å². The fraction of sp³-hybridized carbons (Fsp3) is 0.800. The molecule has 1 aromatic heterocycles. The first-order chi connectivity index (χ1) is 7.70. The first kappa shape index (κ1) is 11.5. The second-order valence-electron chi connectivity index (χ2n) is 4.24. The van der Waals surface area contributed by atoms with Crippen LogP contribution in [0.5, 0.6) is 0 Å². The molecule has 90 valence electrons. The molecule has 0 aliphatic carbocycles. The summed E-state index contributed by atoms with van der Waals surface area (Å²) in [6, 6.07) is 0. The standard InChI is InChI=1S/C10H17N3O3/c1-8-9(13-16-12-8)6-11-7-10(14)2-4-15-5-3-10/h11,14H,2-7H2,1H3. The van der Waals surface area contributed by atoms with Gasteiger partial charge < -0.3 is 15.2 Å². The zero-order chi connectivity index (χ0) is 11.4. The van der Waals surface area contributed by atoms with Gasteiger partial charge >= 0.3 is 0 Å². The Morgan fingerprint density at radius 2 is 2.12 bits per heavy atom. The first-order valence-corrected chi connectivity index (χ1v) is 5.48. The zero-order valence-corrected chi connectivity index (χ0v) is 9.40. The van der Waals surface area contributed by atoms with E-state index in [1.165, 1.54) is 0 Å². The van der Waals surface area contributed by atoms with Crippen molar-refractivity contribution in [1.29, 1.82) is 0 Å². The van der Waals surface area contributed by atoms with Crippen LogP contribution in [-0.4, -0.2) is 40.8 Å². The predicted octanol–water partition coefficient (Wildman–Crippen LogP) is 0.00912. The summed E-state index contributed by atoms with van der Waals surface area (Å²) in [5, 5.41) is 20.8. The summed E-state index contributed by atoms with van der Waals surface area (Å²) in [7, 11) is 0. The number of nitrogens with zero attached hydrogens (tertiary/aromatic N) is 2. The van der Waals surface area contributed by atoms with E-state index in [0.717, 1.165) is 11.4 Å². The Morgan fingerprint density at radius 3 is 2.75 bits per heavy atom. The minimum absolute atomic E-state index is 0.544. The van der Waals surface area contributed by atoms with Crippen molar-refractivity contribution < 1.29 is 14.5 Å². The molecule has 0 bridgehead atoms. The van der Waals surface area contributed by atoms with Gasteiger partial charge in [0.25, 0.3) is 0 Å². The van der Waals surface area contributed by atoms with E-state index in [1.807, 2.05) is 6.92 Å². The zero-order valence-electron chi connectivity index (χ0n) is 9.40. The Morgan fingerprint density at radius 1 is 1.38 bits per heavy atom. The summed E-state index contributed by atoms with van der Waals surface area (Å²) < 4.78 is 9.80. The van der Waals surface area contributed by atoms with E-state index >= 15 is 0 Å². The number of rotatable bonds is 4. The molecule has 1 fully saturated rings. The third-order valence-electron chi connectivity index (χ3n) is 2.92. The van der Waals surface area contributed by atoms with E-state index in [0.29, 0.717) is 39.1 Å². The predicted molar refractivity (Wildman–Crippen MR) is 55.7 cm³/mol. The second kappa shape index (κ2) is 4.90. The molecule has 0 amide bonds. The van der Waals surface area contributed by atoms with E-state index in [9.17, 15) is 5.11 Å². The smallest absolute Gasteiger partial charge is 0.121 e. The highest BCUT2D eigenvalue weighted by Gasteiger charge is 2.29. The molecular formula is C10H17N3O3. The molecule has 0 aromatic carbocycles. The number of aryl methyl sites for hydroxylation is 1. The molecule has 1 aromatic rings. The van der Waals surface area contributed by atoms with Gasteiger partial charge in [-0.15, -0.1) is 0 Å². The van der Waals surface area contributed by atoms with Crippen molar-refractivity contribution >= 4 is 0 Å². The monoisotopic (exact) mass is 227 g/mol. The van der Waals surface area contributed by atoms with E-state index in [2.05, 4.69) is 20.3 Å². The minimum atomic E-state index is -0.649. The lowest BCUT2D eigenvalue weighted by molar-refractivity contribution is -0.0617. The molecule has 2 rings (SSSR count). The molecule has 1 aliphatic rings. The molecule has 6 nitrogen and oxygen atoms in total. The lowest BCUT2D eigenvalue weighted by Gasteiger charge is -2.32. The van der Waals surface area contributed by atoms with Crippen molar-refractivity contribution in [3.8, 4) is 0 Å². The minimum Gasteiger partial charge on any atom is -0.388 e. The van der Waals surface area contributed by atoms with E-state index in [1.54, 1.807) is 0 Å². The Labute approximate surface area is 93.9 Å². The van der Waals surface area contributed by atoms with Crippen LogP contribution in [0.2, 0.25) is 0 Å². The average molecular weight is 227 g/mol. The maximum Gasteiger partial charge on any atom is 0.121 e. The van der Waals surface area contributed by atoms with Crippen LogP contribution in [0.25, 0.3) is 0 Å². The lowest BCUT2D eigenvalue weighted by atomic mass is 9.94. The number of hydrogen-bond acceptors (Lipinski definition) is 6. The normalized spacial score (nSPS) is 19.9. The van der Waals surface area contributed by atoms with Crippen LogP contribution < -0.4 is 5.32 Å². The van der Waals surface area contributed by atoms with Crippen LogP contribution >= 0.6 is 0 Å². The molecule has 0 radical (unpaired) electrons. The molecule has 2 N–H and O–H groups in total. The number of ether oxygens (including phenoxy) is 1. The van der Waals surface area contributed by atoms with Crippen molar-refractivity contribution in [2.75, 3.05) is 19.8 Å². The Hall–Kier alpha value is -0.980. The first-order valence-electron chi connectivity index (χ1n) is 5.48. The molecular weight excluding hydrogens is 210 g/mol. The fourth-order valence-corrected chi connectivity index (χ4v) is 1.75. The van der Waals surface area contributed by atoms with E-state index in [-0.39, 0.29) is 0 Å². The van der Waals surface area contributed by atoms with Crippen LogP contribution in [-0.2, 0) is 11.3 Å². The second-order valence-corrected chi connectivity index (χ2v) is 4.24. The quantitative estimate of drug-likeness (QED) is 0.754. The number of nitrogens with one attached hydrogen (secondary N) is 1. The van der Waals surface area contributed by atoms with Gasteiger partial charge in [-0.25, -0.2) is 4.63 Å². The highest BCUT2D eigenvalue weighted by molar-refractivity contribution is 5.04. The highest BCUT2D eigenvalue weighted by atomic mass is 16.6. The average Bonchev–Trinajstić information content (AvgIpc) is 2.65. The molecule has 1 saturated heterocycles. The van der Waals surface area contributed by atoms with Gasteiger partial charge in [0.2, 0.25) is 0 Å². The maximum atomic E-state index is 10.2. The van der Waals surface area contributed by atoms with Gasteiger partial charge in [-0.05, 0) is 6.92 Å². The molecule has 0 saturated carbocycles. The Bertz CT molecular complexity index is 334. The van der Waals surface area contributed by atoms with Gasteiger partial charge in [0.15, 0.2) is 0 Å². The third kappa shape index (κ3) is 2.78. The lowest BCUT2D eigenvalue weighted by Crippen LogP contribution is -2.44. The number of aliphatic hydroxyl groups is 1. The Kier molecular flexibility index (Phi) is 3.52. The summed E-state index contributed by atoms with van der Waals surface area (Å²) in [6.45, 7) is 4.21. The van der Waals surface area contributed by atoms with Crippen LogP contribution in [0.4, 0.5) is 0 Å². The summed E-state index contributed by atoms with van der Waals surface area (Å²) in [5.41, 5.74) is 0.922. The summed E-state index contributed by atoms with van der Waals surface area (Å²) in [6.07, 6.45) is 1.35. The molecule has 0 unspecified atom stereocenters. The van der Waals surface area contributed by atoms with Crippen molar-refractivity contribution in [2.45, 2.75) is 31.9 Å². The molecule has 2 heterocycles. The van der Waals surface area contributed by atoms with E-state index in [4.69, 9.17) is 4.74 Å². The van der Waals surface area contributed by atoms with Crippen molar-refractivity contribution in [2.24, 2.45) is 0 Å². The van der Waals surface area contributed by atoms with Gasteiger partial charge in [-0.2, -0.15) is 0 Å². The van der Waals surface area contributed by atoms with Crippen molar-refractivity contribution in [1.82, 2.24) is 15.6 Å². The van der Waals surface area contributed by atoms with E-state index < -0.39 is 5.60 Å². The number of hydrogen-bond donors (Lipinski definition) is 2. The summed E-state index contributed by atoms with van der Waals surface area (Å²) in [4.78, 5) is 0. The van der Waals surface area contributed by atoms with Gasteiger partial charge in [-0.3, -0.25) is 0 Å². The molecule has 0 atom stereocenters. The molecule has 1 aliphatic heterocycles. The summed E-state index contributed by atoms with van der Waals surface area (Å²) >= 11 is 0. The number of aromatic nitrogens is 2. The fourth-order valence-electron chi connectivity index (χ4n) is 1.75. The molecule has 0 spiro atoms. The van der Waals surface area contributed by atoms with Gasteiger partial charge in [0, 0.05) is 39.1 Å². The van der Waals surface area contributed by atoms with Gasteiger partial charge in [0.1, 0.15) is 11.4 Å². The van der Waals surface area contributed by atoms with Crippen molar-refractivity contribution in [3.05, 3.63) is 11.4 Å². The topological polar surface area (TPSA) is 80.4 Å². The molecule has 6 heteroatoms. The van der Waals surface area contributed by atoms with Crippen LogP contribution in [0.15, 0.2) is 4.63 Å².